The van der Waals surface area contributed by atoms with E-state index in [1.54, 1.807) is 25.3 Å². The van der Waals surface area contributed by atoms with E-state index in [1.165, 1.54) is 6.20 Å². The number of rotatable bonds is 6. The summed E-state index contributed by atoms with van der Waals surface area (Å²) in [4.78, 5) is 27.3. The van der Waals surface area contributed by atoms with Crippen LogP contribution in [0.15, 0.2) is 24.5 Å². The Morgan fingerprint density at radius 1 is 1.37 bits per heavy atom. The van der Waals surface area contributed by atoms with Gasteiger partial charge in [0.1, 0.15) is 0 Å². The number of pyridine rings is 1. The molecular formula is C14H19NO4. The van der Waals surface area contributed by atoms with E-state index in [0.717, 1.165) is 0 Å². The largest absolute Gasteiger partial charge is 0.462 e. The first-order chi connectivity index (χ1) is 9.04. The predicted octanol–water partition coefficient (Wildman–Crippen LogP) is 2.28. The van der Waals surface area contributed by atoms with E-state index < -0.39 is 18.0 Å². The monoisotopic (exact) mass is 265 g/mol. The molecule has 0 aliphatic carbocycles. The molecule has 0 aromatic carbocycles. The summed E-state index contributed by atoms with van der Waals surface area (Å²) in [6.45, 7) is 5.83. The van der Waals surface area contributed by atoms with Crippen LogP contribution in [0.1, 0.15) is 38.9 Å². The van der Waals surface area contributed by atoms with Gasteiger partial charge in [0.05, 0.1) is 6.61 Å². The van der Waals surface area contributed by atoms with Crippen LogP contribution in [0.3, 0.4) is 0 Å². The highest BCUT2D eigenvalue weighted by Crippen LogP contribution is 2.19. The summed E-state index contributed by atoms with van der Waals surface area (Å²) in [6, 6.07) is 3.36. The number of esters is 2. The molecule has 19 heavy (non-hydrogen) atoms. The van der Waals surface area contributed by atoms with Gasteiger partial charge < -0.3 is 9.47 Å². The zero-order chi connectivity index (χ0) is 14.3. The van der Waals surface area contributed by atoms with E-state index >= 15 is 0 Å². The van der Waals surface area contributed by atoms with Crippen LogP contribution < -0.4 is 0 Å². The van der Waals surface area contributed by atoms with Crippen molar-refractivity contribution in [2.75, 3.05) is 6.61 Å². The van der Waals surface area contributed by atoms with E-state index in [1.807, 2.05) is 13.8 Å². The van der Waals surface area contributed by atoms with Gasteiger partial charge in [0, 0.05) is 24.4 Å². The van der Waals surface area contributed by atoms with Gasteiger partial charge in [0.15, 0.2) is 0 Å². The van der Waals surface area contributed by atoms with E-state index in [4.69, 9.17) is 9.47 Å². The maximum Gasteiger partial charge on any atom is 0.352 e. The highest BCUT2D eigenvalue weighted by atomic mass is 16.6. The zero-order valence-electron chi connectivity index (χ0n) is 11.5. The van der Waals surface area contributed by atoms with Crippen molar-refractivity contribution in [1.82, 2.24) is 4.98 Å². The fraction of sp³-hybridized carbons (Fsp3) is 0.500. The van der Waals surface area contributed by atoms with Crippen molar-refractivity contribution in [3.05, 3.63) is 30.1 Å². The summed E-state index contributed by atoms with van der Waals surface area (Å²) in [7, 11) is 0. The highest BCUT2D eigenvalue weighted by molar-refractivity contribution is 5.80. The maximum atomic E-state index is 12.0. The Bertz CT molecular complexity index is 417. The summed E-state index contributed by atoms with van der Waals surface area (Å²) in [5, 5.41) is 0. The molecule has 0 radical (unpaired) electrons. The van der Waals surface area contributed by atoms with Crippen LogP contribution in [0.2, 0.25) is 0 Å². The summed E-state index contributed by atoms with van der Waals surface area (Å²) < 4.78 is 10.2. The molecule has 5 nitrogen and oxygen atoms in total. The second kappa shape index (κ2) is 7.51. The number of carbonyl (C=O) groups excluding carboxylic acids is 2. The third kappa shape index (κ3) is 5.07. The topological polar surface area (TPSA) is 65.5 Å². The molecule has 0 bridgehead atoms. The molecule has 1 aromatic heterocycles. The fourth-order valence-electron chi connectivity index (χ4n) is 1.32. The predicted molar refractivity (Wildman–Crippen MR) is 69.2 cm³/mol. The van der Waals surface area contributed by atoms with Crippen molar-refractivity contribution < 1.29 is 19.1 Å². The number of nitrogens with zero attached hydrogens (tertiary/aromatic N) is 1. The maximum absolute atomic E-state index is 12.0. The van der Waals surface area contributed by atoms with Crippen molar-refractivity contribution in [1.29, 1.82) is 0 Å². The number of hydrogen-bond donors (Lipinski definition) is 0. The van der Waals surface area contributed by atoms with E-state index in [9.17, 15) is 9.59 Å². The molecule has 0 saturated heterocycles. The normalized spacial score (nSPS) is 12.0. The molecule has 1 aromatic rings. The average Bonchev–Trinajstić information content (AvgIpc) is 2.42. The van der Waals surface area contributed by atoms with Crippen molar-refractivity contribution in [3.63, 3.8) is 0 Å². The Hall–Kier alpha value is -1.91. The number of aromatic nitrogens is 1. The molecule has 5 heteroatoms. The summed E-state index contributed by atoms with van der Waals surface area (Å²) in [5.41, 5.74) is 0.512. The zero-order valence-corrected chi connectivity index (χ0v) is 11.5. The van der Waals surface area contributed by atoms with Crippen molar-refractivity contribution in [2.24, 2.45) is 5.92 Å². The van der Waals surface area contributed by atoms with Crippen LogP contribution in [-0.4, -0.2) is 23.5 Å². The van der Waals surface area contributed by atoms with Crippen LogP contribution in [0, 0.1) is 5.92 Å². The second-order valence-corrected chi connectivity index (χ2v) is 4.53. The molecule has 1 atom stereocenters. The van der Waals surface area contributed by atoms with Crippen molar-refractivity contribution in [3.8, 4) is 0 Å². The minimum Gasteiger partial charge on any atom is -0.462 e. The van der Waals surface area contributed by atoms with Crippen LogP contribution in [0.4, 0.5) is 0 Å². The molecule has 1 unspecified atom stereocenters. The Balaban J connectivity index is 2.80. The minimum absolute atomic E-state index is 0.203. The van der Waals surface area contributed by atoms with Gasteiger partial charge in [-0.15, -0.1) is 0 Å². The van der Waals surface area contributed by atoms with Crippen LogP contribution in [-0.2, 0) is 19.1 Å². The Kier molecular flexibility index (Phi) is 5.99. The standard InChI is InChI=1S/C14H19NO4/c1-4-12(16)19-13(11-6-5-7-15-8-11)14(17)18-9-10(2)3/h5-8,10,13H,4,9H2,1-3H3. The second-order valence-electron chi connectivity index (χ2n) is 4.53. The fourth-order valence-corrected chi connectivity index (χ4v) is 1.32. The van der Waals surface area contributed by atoms with Gasteiger partial charge in [-0.1, -0.05) is 26.8 Å². The molecule has 0 amide bonds. The van der Waals surface area contributed by atoms with Gasteiger partial charge >= 0.3 is 11.9 Å². The summed E-state index contributed by atoms with van der Waals surface area (Å²) in [6.07, 6.45) is 2.24. The Morgan fingerprint density at radius 2 is 2.11 bits per heavy atom. The molecule has 0 aliphatic rings. The first-order valence-electron chi connectivity index (χ1n) is 6.30. The van der Waals surface area contributed by atoms with E-state index in [2.05, 4.69) is 4.98 Å². The smallest absolute Gasteiger partial charge is 0.352 e. The van der Waals surface area contributed by atoms with Gasteiger partial charge in [0.25, 0.3) is 0 Å². The highest BCUT2D eigenvalue weighted by Gasteiger charge is 2.26. The van der Waals surface area contributed by atoms with Crippen molar-refractivity contribution in [2.45, 2.75) is 33.3 Å². The van der Waals surface area contributed by atoms with E-state index in [-0.39, 0.29) is 12.3 Å². The molecule has 0 aliphatic heterocycles. The quantitative estimate of drug-likeness (QED) is 0.738. The summed E-state index contributed by atoms with van der Waals surface area (Å²) >= 11 is 0. The van der Waals surface area contributed by atoms with Gasteiger partial charge in [-0.25, -0.2) is 4.79 Å². The lowest BCUT2D eigenvalue weighted by molar-refractivity contribution is -0.169. The summed E-state index contributed by atoms with van der Waals surface area (Å²) in [5.74, 6) is -0.792. The third-order valence-electron chi connectivity index (χ3n) is 2.30. The van der Waals surface area contributed by atoms with Gasteiger partial charge in [-0.2, -0.15) is 0 Å². The first-order valence-corrected chi connectivity index (χ1v) is 6.30. The molecule has 0 fully saturated rings. The lowest BCUT2D eigenvalue weighted by Crippen LogP contribution is -2.23. The minimum atomic E-state index is -1.04. The van der Waals surface area contributed by atoms with Gasteiger partial charge in [-0.05, 0) is 12.0 Å². The average molecular weight is 265 g/mol. The molecular weight excluding hydrogens is 246 g/mol. The number of ether oxygens (including phenoxy) is 2. The van der Waals surface area contributed by atoms with Crippen LogP contribution in [0.5, 0.6) is 0 Å². The number of carbonyl (C=O) groups is 2. The first kappa shape index (κ1) is 15.1. The molecule has 0 N–H and O–H groups in total. The molecule has 0 spiro atoms. The lowest BCUT2D eigenvalue weighted by atomic mass is 10.1. The molecule has 0 saturated carbocycles. The van der Waals surface area contributed by atoms with E-state index in [0.29, 0.717) is 12.2 Å². The third-order valence-corrected chi connectivity index (χ3v) is 2.30. The van der Waals surface area contributed by atoms with Crippen LogP contribution in [0.25, 0.3) is 0 Å². The van der Waals surface area contributed by atoms with Crippen LogP contribution >= 0.6 is 0 Å². The SMILES string of the molecule is CCC(=O)OC(C(=O)OCC(C)C)c1cccnc1. The van der Waals surface area contributed by atoms with Gasteiger partial charge in [-0.3, -0.25) is 9.78 Å². The Labute approximate surface area is 112 Å². The van der Waals surface area contributed by atoms with Crippen molar-refractivity contribution >= 4 is 11.9 Å². The Morgan fingerprint density at radius 3 is 2.63 bits per heavy atom. The van der Waals surface area contributed by atoms with Gasteiger partial charge in [0.2, 0.25) is 6.10 Å². The molecule has 104 valence electrons. The molecule has 1 heterocycles. The molecule has 1 rings (SSSR count). The number of hydrogen-bond acceptors (Lipinski definition) is 5. The lowest BCUT2D eigenvalue weighted by Gasteiger charge is -2.17.